The van der Waals surface area contributed by atoms with E-state index in [-0.39, 0.29) is 45.1 Å². The number of ether oxygens (including phenoxy) is 5. The van der Waals surface area contributed by atoms with Crippen LogP contribution in [-0.4, -0.2) is 84.4 Å². The molecule has 1 saturated carbocycles. The zero-order chi connectivity index (χ0) is 36.8. The summed E-state index contributed by atoms with van der Waals surface area (Å²) in [4.78, 5) is 51.6. The van der Waals surface area contributed by atoms with E-state index in [0.29, 0.717) is 40.4 Å². The highest BCUT2D eigenvalue weighted by Crippen LogP contribution is 2.40. The van der Waals surface area contributed by atoms with Crippen molar-refractivity contribution < 1.29 is 48.0 Å². The molecule has 3 fully saturated rings. The van der Waals surface area contributed by atoms with Crippen LogP contribution in [0.1, 0.15) is 91.1 Å². The average molecular weight is 717 g/mol. The third-order valence-electron chi connectivity index (χ3n) is 9.61. The lowest BCUT2D eigenvalue weighted by atomic mass is 9.89. The first-order chi connectivity index (χ1) is 24.9. The molecule has 2 heterocycles. The zero-order valence-corrected chi connectivity index (χ0v) is 29.9. The molecule has 2 aromatic carbocycles. The molecular formula is C40H48N2O10. The molecule has 12 nitrogen and oxygen atoms in total. The van der Waals surface area contributed by atoms with Gasteiger partial charge in [0.05, 0.1) is 30.4 Å². The molecule has 2 saturated heterocycles. The van der Waals surface area contributed by atoms with E-state index in [1.807, 2.05) is 12.1 Å². The molecule has 2 aliphatic heterocycles. The number of carbonyl (C=O) groups is 4. The van der Waals surface area contributed by atoms with Crippen LogP contribution in [0, 0.1) is 5.92 Å². The van der Waals surface area contributed by atoms with Gasteiger partial charge in [-0.3, -0.25) is 14.4 Å². The van der Waals surface area contributed by atoms with Gasteiger partial charge in [-0.15, -0.1) is 0 Å². The maximum absolute atomic E-state index is 13.3. The first kappa shape index (κ1) is 37.4. The predicted octanol–water partition coefficient (Wildman–Crippen LogP) is 4.39. The summed E-state index contributed by atoms with van der Waals surface area (Å²) in [5.74, 6) is -1.19. The lowest BCUT2D eigenvalue weighted by Gasteiger charge is -2.30. The second kappa shape index (κ2) is 16.5. The second-order valence-electron chi connectivity index (χ2n) is 14.8. The summed E-state index contributed by atoms with van der Waals surface area (Å²) in [6, 6.07) is 13.4. The van der Waals surface area contributed by atoms with Crippen LogP contribution in [0.25, 0.3) is 6.08 Å². The van der Waals surface area contributed by atoms with Crippen LogP contribution in [0.2, 0.25) is 0 Å². The Kier molecular flexibility index (Phi) is 11.9. The summed E-state index contributed by atoms with van der Waals surface area (Å²) < 4.78 is 28.2. The fraction of sp³-hybridized carbons (Fsp3) is 0.500. The molecule has 0 bridgehead atoms. The third kappa shape index (κ3) is 10.2. The minimum Gasteiger partial charge on any atom is -0.460 e. The van der Waals surface area contributed by atoms with Crippen LogP contribution in [0.4, 0.5) is 0 Å². The molecule has 7 atom stereocenters. The van der Waals surface area contributed by atoms with Crippen molar-refractivity contribution in [2.24, 2.45) is 5.92 Å². The minimum atomic E-state index is -0.730. The highest BCUT2D eigenvalue weighted by atomic mass is 16.7. The monoisotopic (exact) mass is 716 g/mol. The molecule has 0 radical (unpaired) electrons. The number of rotatable bonds is 13. The van der Waals surface area contributed by atoms with E-state index in [9.17, 15) is 24.3 Å². The number of aliphatic hydroxyl groups excluding tert-OH is 1. The molecule has 0 aromatic heterocycles. The molecular weight excluding hydrogens is 668 g/mol. The molecule has 52 heavy (non-hydrogen) atoms. The lowest BCUT2D eigenvalue weighted by molar-refractivity contribution is -0.155. The summed E-state index contributed by atoms with van der Waals surface area (Å²) >= 11 is 0. The van der Waals surface area contributed by atoms with Crippen LogP contribution in [-0.2, 0) is 39.8 Å². The number of benzene rings is 2. The maximum Gasteiger partial charge on any atom is 0.338 e. The number of epoxide rings is 1. The van der Waals surface area contributed by atoms with Crippen molar-refractivity contribution in [2.75, 3.05) is 13.4 Å². The molecule has 2 amide bonds. The Hall–Kier alpha value is -4.36. The number of nitrogens with one attached hydrogen (secondary N) is 2. The number of amides is 2. The number of esters is 2. The molecule has 2 aliphatic carbocycles. The van der Waals surface area contributed by atoms with Crippen molar-refractivity contribution in [3.8, 4) is 0 Å². The van der Waals surface area contributed by atoms with Gasteiger partial charge in [0, 0.05) is 30.5 Å². The van der Waals surface area contributed by atoms with Gasteiger partial charge in [0.1, 0.15) is 30.7 Å². The summed E-state index contributed by atoms with van der Waals surface area (Å²) in [6.45, 7) is 5.14. The Morgan fingerprint density at radius 1 is 1.00 bits per heavy atom. The van der Waals surface area contributed by atoms with Crippen LogP contribution in [0.15, 0.2) is 66.3 Å². The van der Waals surface area contributed by atoms with Crippen LogP contribution >= 0.6 is 0 Å². The number of fused-ring (bicyclic) bond motifs is 2. The lowest BCUT2D eigenvalue weighted by Crippen LogP contribution is -2.43. The van der Waals surface area contributed by atoms with Gasteiger partial charge in [-0.05, 0) is 93.8 Å². The summed E-state index contributed by atoms with van der Waals surface area (Å²) in [7, 11) is 0. The molecule has 3 N–H and O–H groups in total. The standard InChI is InChI=1S/C40H48N2O10/c1-40(2,3)52-35(44)16-14-30(22-43)42-38(46)28-6-4-5-26(17-28)21-41-37(45)29-19-33-36(49-23-48-33)34(20-29)51-39(47)27-12-9-24(10-13-27)7-8-25-11-15-31-32(18-25)50-31/h4-10,12-13,17,19,25,30-34,36,43H,11,14-16,18,20-23H2,1-3H3,(H,41,45)(H,42,46). The zero-order valence-electron chi connectivity index (χ0n) is 29.9. The van der Waals surface area contributed by atoms with E-state index in [0.717, 1.165) is 24.8 Å². The van der Waals surface area contributed by atoms with Gasteiger partial charge in [0.2, 0.25) is 5.91 Å². The van der Waals surface area contributed by atoms with Crippen molar-refractivity contribution in [3.05, 3.63) is 88.5 Å². The van der Waals surface area contributed by atoms with Gasteiger partial charge in [-0.1, -0.05) is 36.4 Å². The summed E-state index contributed by atoms with van der Waals surface area (Å²) in [5, 5.41) is 15.4. The molecule has 2 aromatic rings. The topological polar surface area (TPSA) is 162 Å². The number of carbonyl (C=O) groups excluding carboxylic acids is 4. The van der Waals surface area contributed by atoms with Crippen molar-refractivity contribution >= 4 is 29.8 Å². The number of aliphatic hydroxyl groups is 1. The maximum atomic E-state index is 13.3. The van der Waals surface area contributed by atoms with E-state index in [2.05, 4.69) is 22.8 Å². The van der Waals surface area contributed by atoms with Gasteiger partial charge in [-0.2, -0.15) is 0 Å². The molecule has 4 aliphatic rings. The van der Waals surface area contributed by atoms with Gasteiger partial charge >= 0.3 is 11.9 Å². The summed E-state index contributed by atoms with van der Waals surface area (Å²) in [6.07, 6.45) is 8.82. The van der Waals surface area contributed by atoms with Crippen LogP contribution in [0.3, 0.4) is 0 Å². The van der Waals surface area contributed by atoms with Crippen LogP contribution in [0.5, 0.6) is 0 Å². The van der Waals surface area contributed by atoms with Gasteiger partial charge in [0.15, 0.2) is 0 Å². The Morgan fingerprint density at radius 2 is 1.81 bits per heavy atom. The Morgan fingerprint density at radius 3 is 2.56 bits per heavy atom. The second-order valence-corrected chi connectivity index (χ2v) is 14.8. The van der Waals surface area contributed by atoms with Crippen molar-refractivity contribution in [3.63, 3.8) is 0 Å². The SMILES string of the molecule is CC(C)(C)OC(=O)CCC(CO)NC(=O)c1cccc(CNC(=O)C2=CC3OCOC3C(OC(=O)c3ccc(C=CC4CCC5OC5C4)cc3)C2)c1. The Balaban J connectivity index is 0.996. The number of hydrogen-bond donors (Lipinski definition) is 3. The normalized spacial score (nSPS) is 25.7. The smallest absolute Gasteiger partial charge is 0.338 e. The highest BCUT2D eigenvalue weighted by molar-refractivity contribution is 5.95. The number of hydrogen-bond acceptors (Lipinski definition) is 10. The molecule has 0 spiro atoms. The fourth-order valence-electron chi connectivity index (χ4n) is 6.80. The highest BCUT2D eigenvalue weighted by Gasteiger charge is 2.44. The fourth-order valence-corrected chi connectivity index (χ4v) is 6.80. The first-order valence-corrected chi connectivity index (χ1v) is 18.0. The minimum absolute atomic E-state index is 0.0251. The van der Waals surface area contributed by atoms with Gasteiger partial charge in [0.25, 0.3) is 5.91 Å². The molecule has 7 unspecified atom stereocenters. The van der Waals surface area contributed by atoms with E-state index < -0.39 is 47.8 Å². The Labute approximate surface area is 303 Å². The van der Waals surface area contributed by atoms with Crippen molar-refractivity contribution in [1.82, 2.24) is 10.6 Å². The van der Waals surface area contributed by atoms with Crippen LogP contribution < -0.4 is 10.6 Å². The van der Waals surface area contributed by atoms with E-state index in [1.165, 1.54) is 0 Å². The van der Waals surface area contributed by atoms with E-state index in [4.69, 9.17) is 23.7 Å². The quantitative estimate of drug-likeness (QED) is 0.200. The van der Waals surface area contributed by atoms with Crippen molar-refractivity contribution in [2.45, 2.75) is 108 Å². The average Bonchev–Trinajstić information content (AvgIpc) is 3.74. The first-order valence-electron chi connectivity index (χ1n) is 18.0. The molecule has 6 rings (SSSR count). The largest absolute Gasteiger partial charge is 0.460 e. The number of allylic oxidation sites excluding steroid dienone is 1. The predicted molar refractivity (Wildman–Crippen MR) is 190 cm³/mol. The molecule has 12 heteroatoms. The van der Waals surface area contributed by atoms with Gasteiger partial charge in [-0.25, -0.2) is 4.79 Å². The third-order valence-corrected chi connectivity index (χ3v) is 9.61. The Bertz CT molecular complexity index is 1680. The van der Waals surface area contributed by atoms with Gasteiger partial charge < -0.3 is 39.4 Å². The molecule has 278 valence electrons. The van der Waals surface area contributed by atoms with Crippen molar-refractivity contribution in [1.29, 1.82) is 0 Å². The summed E-state index contributed by atoms with van der Waals surface area (Å²) in [5.41, 5.74) is 2.20. The van der Waals surface area contributed by atoms with E-state index >= 15 is 0 Å². The van der Waals surface area contributed by atoms with E-state index in [1.54, 1.807) is 63.2 Å².